The second kappa shape index (κ2) is 3.25. The Labute approximate surface area is 90.8 Å². The molecule has 1 heterocycles. The summed E-state index contributed by atoms with van der Waals surface area (Å²) < 4.78 is 1.78. The van der Waals surface area contributed by atoms with Gasteiger partial charge in [-0.15, -0.1) is 0 Å². The third-order valence-electron chi connectivity index (χ3n) is 2.58. The average Bonchev–Trinajstić information content (AvgIpc) is 2.55. The van der Waals surface area contributed by atoms with Crippen molar-refractivity contribution in [2.24, 2.45) is 0 Å². The van der Waals surface area contributed by atoms with Crippen LogP contribution in [0.15, 0.2) is 30.3 Å². The van der Waals surface area contributed by atoms with Crippen molar-refractivity contribution >= 4 is 24.3 Å². The largest absolute Gasteiger partial charge is 0.256 e. The summed E-state index contributed by atoms with van der Waals surface area (Å²) in [6.07, 6.45) is 2.28. The number of rotatable bonds is 1. The van der Waals surface area contributed by atoms with Gasteiger partial charge in [0.25, 0.3) is 0 Å². The molecule has 0 atom stereocenters. The number of hydrogen-bond donors (Lipinski definition) is 0. The van der Waals surface area contributed by atoms with Crippen LogP contribution >= 0.6 is 0 Å². The molecule has 0 spiro atoms. The van der Waals surface area contributed by atoms with Crippen LogP contribution in [0.25, 0.3) is 10.9 Å². The van der Waals surface area contributed by atoms with Crippen LogP contribution in [0.2, 0.25) is 19.6 Å². The van der Waals surface area contributed by atoms with Crippen molar-refractivity contribution in [3.63, 3.8) is 0 Å². The van der Waals surface area contributed by atoms with Gasteiger partial charge < -0.3 is 0 Å². The quantitative estimate of drug-likeness (QED) is 0.671. The minimum absolute atomic E-state index is 1.03. The molecule has 2 nitrogen and oxygen atoms in total. The zero-order valence-corrected chi connectivity index (χ0v) is 10.3. The van der Waals surface area contributed by atoms with Crippen LogP contribution in [0.1, 0.15) is 0 Å². The molecule has 0 aliphatic heterocycles. The Hall–Kier alpha value is -1.53. The number of benzene rings is 1. The summed E-state index contributed by atoms with van der Waals surface area (Å²) in [7, 11) is -1.44. The molecular weight excluding hydrogens is 200 g/mol. The summed E-state index contributed by atoms with van der Waals surface area (Å²) in [4.78, 5) is 0. The predicted molar refractivity (Wildman–Crippen MR) is 65.9 cm³/mol. The molecule has 0 bridgehead atoms. The number of hydrogen-bond acceptors (Lipinski definition) is 1. The van der Waals surface area contributed by atoms with Crippen LogP contribution < -0.4 is 5.32 Å². The summed E-state index contributed by atoms with van der Waals surface area (Å²) in [6, 6.07) is 10.2. The van der Waals surface area contributed by atoms with Gasteiger partial charge in [-0.3, -0.25) is 4.57 Å². The molecule has 0 aliphatic rings. The van der Waals surface area contributed by atoms with Gasteiger partial charge in [0.1, 0.15) is 8.07 Å². The van der Waals surface area contributed by atoms with Crippen LogP contribution in [0.3, 0.4) is 0 Å². The van der Waals surface area contributed by atoms with Gasteiger partial charge in [0.15, 0.2) is 6.19 Å². The van der Waals surface area contributed by atoms with Gasteiger partial charge in [0.2, 0.25) is 0 Å². The van der Waals surface area contributed by atoms with E-state index in [4.69, 9.17) is 0 Å². The lowest BCUT2D eigenvalue weighted by Gasteiger charge is -2.15. The third kappa shape index (κ3) is 1.57. The average molecular weight is 214 g/mol. The van der Waals surface area contributed by atoms with Gasteiger partial charge in [-0.1, -0.05) is 37.8 Å². The fraction of sp³-hybridized carbons (Fsp3) is 0.250. The van der Waals surface area contributed by atoms with Gasteiger partial charge in [0.05, 0.1) is 5.52 Å². The fourth-order valence-corrected chi connectivity index (χ4v) is 3.24. The van der Waals surface area contributed by atoms with Crippen LogP contribution in [0.4, 0.5) is 0 Å². The molecule has 1 aromatic carbocycles. The van der Waals surface area contributed by atoms with Gasteiger partial charge in [-0.2, -0.15) is 5.26 Å². The topological polar surface area (TPSA) is 28.7 Å². The highest BCUT2D eigenvalue weighted by molar-refractivity contribution is 6.88. The van der Waals surface area contributed by atoms with Crippen LogP contribution in [0, 0.1) is 11.5 Å². The molecule has 0 fully saturated rings. The molecule has 76 valence electrons. The molecule has 0 saturated heterocycles. The minimum atomic E-state index is -1.44. The predicted octanol–water partition coefficient (Wildman–Crippen LogP) is 2.52. The van der Waals surface area contributed by atoms with Gasteiger partial charge >= 0.3 is 0 Å². The molecule has 0 N–H and O–H groups in total. The van der Waals surface area contributed by atoms with E-state index >= 15 is 0 Å². The second-order valence-corrected chi connectivity index (χ2v) is 9.79. The molecule has 2 aromatic rings. The number of nitrogens with zero attached hydrogens (tertiary/aromatic N) is 2. The van der Waals surface area contributed by atoms with Crippen molar-refractivity contribution in [2.75, 3.05) is 0 Å². The maximum atomic E-state index is 9.20. The van der Waals surface area contributed by atoms with Gasteiger partial charge in [-0.05, 0) is 12.1 Å². The van der Waals surface area contributed by atoms with Crippen LogP contribution in [-0.4, -0.2) is 12.6 Å². The highest BCUT2D eigenvalue weighted by Gasteiger charge is 2.22. The van der Waals surface area contributed by atoms with E-state index < -0.39 is 8.07 Å². The molecule has 0 radical (unpaired) electrons. The Morgan fingerprint density at radius 3 is 2.47 bits per heavy atom. The van der Waals surface area contributed by atoms with E-state index in [-0.39, 0.29) is 0 Å². The van der Waals surface area contributed by atoms with Crippen molar-refractivity contribution in [3.05, 3.63) is 30.3 Å². The smallest absolute Gasteiger partial charge is 0.188 e. The molecule has 1 aromatic heterocycles. The number of nitriles is 1. The van der Waals surface area contributed by atoms with Crippen molar-refractivity contribution in [1.29, 1.82) is 5.26 Å². The first kappa shape index (κ1) is 10.0. The van der Waals surface area contributed by atoms with E-state index in [2.05, 4.69) is 38.0 Å². The second-order valence-electron chi connectivity index (χ2n) is 4.77. The first-order valence-electron chi connectivity index (χ1n) is 5.05. The third-order valence-corrected chi connectivity index (χ3v) is 4.48. The maximum Gasteiger partial charge on any atom is 0.188 e. The first-order valence-corrected chi connectivity index (χ1v) is 8.55. The van der Waals surface area contributed by atoms with E-state index in [0.29, 0.717) is 0 Å². The van der Waals surface area contributed by atoms with E-state index in [9.17, 15) is 5.26 Å². The fourth-order valence-electron chi connectivity index (χ4n) is 1.81. The van der Waals surface area contributed by atoms with Crippen molar-refractivity contribution in [1.82, 2.24) is 4.57 Å². The van der Waals surface area contributed by atoms with E-state index in [1.54, 1.807) is 4.57 Å². The highest BCUT2D eigenvalue weighted by atomic mass is 28.3. The van der Waals surface area contributed by atoms with E-state index in [0.717, 1.165) is 10.9 Å². The Kier molecular flexibility index (Phi) is 2.17. The lowest BCUT2D eigenvalue weighted by atomic mass is 10.2. The zero-order valence-electron chi connectivity index (χ0n) is 9.28. The lowest BCUT2D eigenvalue weighted by Crippen LogP contribution is -2.41. The molecule has 0 unspecified atom stereocenters. The molecule has 0 saturated carbocycles. The minimum Gasteiger partial charge on any atom is -0.256 e. The molecule has 0 amide bonds. The Balaban J connectivity index is 2.83. The molecule has 2 rings (SSSR count). The van der Waals surface area contributed by atoms with Gasteiger partial charge in [0, 0.05) is 10.7 Å². The molecular formula is C12H14N2Si. The van der Waals surface area contributed by atoms with Crippen molar-refractivity contribution in [2.45, 2.75) is 19.6 Å². The van der Waals surface area contributed by atoms with Gasteiger partial charge in [-0.25, -0.2) is 0 Å². The first-order chi connectivity index (χ1) is 7.04. The van der Waals surface area contributed by atoms with Crippen LogP contribution in [0.5, 0.6) is 0 Å². The Morgan fingerprint density at radius 2 is 1.87 bits per heavy atom. The summed E-state index contributed by atoms with van der Waals surface area (Å²) in [5.41, 5.74) is 1.03. The summed E-state index contributed by atoms with van der Waals surface area (Å²) in [5, 5.41) is 11.6. The summed E-state index contributed by atoms with van der Waals surface area (Å²) in [6.45, 7) is 6.78. The number of para-hydroxylation sites is 1. The lowest BCUT2D eigenvalue weighted by molar-refractivity contribution is 1.18. The summed E-state index contributed by atoms with van der Waals surface area (Å²) >= 11 is 0. The molecule has 15 heavy (non-hydrogen) atoms. The monoisotopic (exact) mass is 214 g/mol. The van der Waals surface area contributed by atoms with E-state index in [1.807, 2.05) is 18.2 Å². The standard InChI is InChI=1S/C12H14N2Si/c1-15(2,3)12-8-10-6-4-5-7-11(10)14(12)9-13/h4-8H,1-3H3. The Bertz CT molecular complexity index is 541. The number of aromatic nitrogens is 1. The maximum absolute atomic E-state index is 9.20. The van der Waals surface area contributed by atoms with E-state index in [1.165, 1.54) is 5.32 Å². The van der Waals surface area contributed by atoms with Crippen LogP contribution in [-0.2, 0) is 0 Å². The SMILES string of the molecule is C[Si](C)(C)c1cc2ccccc2n1C#N. The normalized spacial score (nSPS) is 11.6. The molecule has 0 aliphatic carbocycles. The van der Waals surface area contributed by atoms with Crippen molar-refractivity contribution in [3.8, 4) is 6.19 Å². The zero-order chi connectivity index (χ0) is 11.1. The highest BCUT2D eigenvalue weighted by Crippen LogP contribution is 2.16. The number of fused-ring (bicyclic) bond motifs is 1. The van der Waals surface area contributed by atoms with Crippen molar-refractivity contribution < 1.29 is 0 Å². The Morgan fingerprint density at radius 1 is 1.20 bits per heavy atom. The summed E-state index contributed by atoms with van der Waals surface area (Å²) in [5.74, 6) is 0. The molecule has 3 heteroatoms.